The van der Waals surface area contributed by atoms with Gasteiger partial charge in [-0.2, -0.15) is 4.31 Å². The first-order valence-electron chi connectivity index (χ1n) is 6.28. The zero-order chi connectivity index (χ0) is 15.6. The first-order chi connectivity index (χ1) is 9.82. The number of hydrogen-bond acceptors (Lipinski definition) is 5. The van der Waals surface area contributed by atoms with Crippen LogP contribution < -0.4 is 0 Å². The molecule has 0 atom stereocenters. The molecule has 2 rings (SSSR count). The molecule has 0 radical (unpaired) electrons. The van der Waals surface area contributed by atoms with Gasteiger partial charge in [-0.1, -0.05) is 12.1 Å². The molecule has 0 unspecified atom stereocenters. The Morgan fingerprint density at radius 3 is 2.67 bits per heavy atom. The zero-order valence-electron chi connectivity index (χ0n) is 12.0. The molecular formula is C14H16N2O3S2. The molecule has 0 aliphatic rings. The number of carbonyl (C=O) groups is 1. The smallest absolute Gasteiger partial charge is 0.243 e. The molecule has 0 spiro atoms. The number of ketones is 1. The fourth-order valence-electron chi connectivity index (χ4n) is 1.82. The molecule has 0 fully saturated rings. The molecule has 1 aromatic heterocycles. The van der Waals surface area contributed by atoms with Gasteiger partial charge in [-0.15, -0.1) is 11.3 Å². The lowest BCUT2D eigenvalue weighted by Crippen LogP contribution is -2.26. The number of thiazole rings is 1. The molecule has 1 aromatic carbocycles. The zero-order valence-corrected chi connectivity index (χ0v) is 13.7. The fraction of sp³-hybridized carbons (Fsp3) is 0.286. The molecule has 1 heterocycles. The van der Waals surface area contributed by atoms with E-state index in [0.29, 0.717) is 5.56 Å². The number of nitrogens with zero attached hydrogens (tertiary/aromatic N) is 2. The number of aryl methyl sites for hydroxylation is 1. The summed E-state index contributed by atoms with van der Waals surface area (Å²) in [5.74, 6) is -0.159. The van der Waals surface area contributed by atoms with Crippen molar-refractivity contribution in [1.29, 1.82) is 0 Å². The molecule has 0 N–H and O–H groups in total. The Labute approximate surface area is 128 Å². The van der Waals surface area contributed by atoms with E-state index in [4.69, 9.17) is 0 Å². The molecule has 0 bridgehead atoms. The quantitative estimate of drug-likeness (QED) is 0.792. The lowest BCUT2D eigenvalue weighted by molar-refractivity contribution is 0.101. The van der Waals surface area contributed by atoms with E-state index in [1.807, 2.05) is 6.92 Å². The summed E-state index contributed by atoms with van der Waals surface area (Å²) < 4.78 is 26.4. The Hall–Kier alpha value is -1.57. The van der Waals surface area contributed by atoms with E-state index in [9.17, 15) is 13.2 Å². The van der Waals surface area contributed by atoms with Crippen LogP contribution in [-0.4, -0.2) is 30.5 Å². The maximum Gasteiger partial charge on any atom is 0.243 e. The molecule has 0 aliphatic carbocycles. The highest BCUT2D eigenvalue weighted by atomic mass is 32.2. The van der Waals surface area contributed by atoms with Gasteiger partial charge in [-0.05, 0) is 26.0 Å². The molecule has 0 amide bonds. The summed E-state index contributed by atoms with van der Waals surface area (Å²) in [6.45, 7) is 3.53. The van der Waals surface area contributed by atoms with E-state index in [0.717, 1.165) is 10.6 Å². The van der Waals surface area contributed by atoms with Gasteiger partial charge in [0.15, 0.2) is 5.78 Å². The first-order valence-corrected chi connectivity index (χ1v) is 8.60. The van der Waals surface area contributed by atoms with E-state index >= 15 is 0 Å². The average molecular weight is 324 g/mol. The van der Waals surface area contributed by atoms with Gasteiger partial charge in [0, 0.05) is 24.0 Å². The molecule has 2 aromatic rings. The van der Waals surface area contributed by atoms with Crippen molar-refractivity contribution in [1.82, 2.24) is 9.29 Å². The summed E-state index contributed by atoms with van der Waals surface area (Å²) in [7, 11) is -2.11. The third-order valence-electron chi connectivity index (χ3n) is 3.16. The normalized spacial score (nSPS) is 11.8. The van der Waals surface area contributed by atoms with E-state index in [-0.39, 0.29) is 17.2 Å². The lowest BCUT2D eigenvalue weighted by atomic mass is 10.2. The molecular weight excluding hydrogens is 308 g/mol. The molecule has 112 valence electrons. The van der Waals surface area contributed by atoms with Gasteiger partial charge in [0.05, 0.1) is 16.1 Å². The van der Waals surface area contributed by atoms with Gasteiger partial charge in [0.2, 0.25) is 10.0 Å². The van der Waals surface area contributed by atoms with Gasteiger partial charge in [-0.25, -0.2) is 13.4 Å². The summed E-state index contributed by atoms with van der Waals surface area (Å²) in [6, 6.07) is 6.09. The SMILES string of the molecule is CC(=O)c1cccc(S(=O)(=O)N(C)Cc2scnc2C)c1. The third-order valence-corrected chi connectivity index (χ3v) is 5.88. The molecule has 0 saturated heterocycles. The number of sulfonamides is 1. The van der Waals surface area contributed by atoms with Crippen molar-refractivity contribution in [2.45, 2.75) is 25.3 Å². The highest BCUT2D eigenvalue weighted by molar-refractivity contribution is 7.89. The van der Waals surface area contributed by atoms with E-state index in [1.165, 1.54) is 41.7 Å². The summed E-state index contributed by atoms with van der Waals surface area (Å²) >= 11 is 1.43. The Morgan fingerprint density at radius 2 is 2.10 bits per heavy atom. The second kappa shape index (κ2) is 6.05. The van der Waals surface area contributed by atoms with E-state index in [1.54, 1.807) is 17.6 Å². The van der Waals surface area contributed by atoms with Gasteiger partial charge in [-0.3, -0.25) is 4.79 Å². The number of benzene rings is 1. The van der Waals surface area contributed by atoms with Crippen LogP contribution in [0.2, 0.25) is 0 Å². The van der Waals surface area contributed by atoms with Crippen LogP contribution in [0.3, 0.4) is 0 Å². The average Bonchev–Trinajstić information content (AvgIpc) is 2.84. The minimum absolute atomic E-state index is 0.125. The van der Waals surface area contributed by atoms with Gasteiger partial charge in [0.25, 0.3) is 0 Å². The summed E-state index contributed by atoms with van der Waals surface area (Å²) in [4.78, 5) is 16.5. The van der Waals surface area contributed by atoms with Crippen molar-refractivity contribution < 1.29 is 13.2 Å². The number of carbonyl (C=O) groups excluding carboxylic acids is 1. The van der Waals surface area contributed by atoms with Gasteiger partial charge >= 0.3 is 0 Å². The summed E-state index contributed by atoms with van der Waals surface area (Å²) in [5, 5.41) is 0. The number of aromatic nitrogens is 1. The first kappa shape index (κ1) is 15.8. The molecule has 7 heteroatoms. The van der Waals surface area contributed by atoms with Crippen molar-refractivity contribution >= 4 is 27.1 Å². The molecule has 21 heavy (non-hydrogen) atoms. The fourth-order valence-corrected chi connectivity index (χ4v) is 3.92. The molecule has 5 nitrogen and oxygen atoms in total. The Morgan fingerprint density at radius 1 is 1.38 bits per heavy atom. The van der Waals surface area contributed by atoms with Crippen LogP contribution in [0.5, 0.6) is 0 Å². The second-order valence-corrected chi connectivity index (χ2v) is 7.69. The van der Waals surface area contributed by atoms with Crippen LogP contribution in [0.25, 0.3) is 0 Å². The highest BCUT2D eigenvalue weighted by Gasteiger charge is 2.22. The van der Waals surface area contributed by atoms with Crippen molar-refractivity contribution in [2.75, 3.05) is 7.05 Å². The number of hydrogen-bond donors (Lipinski definition) is 0. The van der Waals surface area contributed by atoms with Crippen LogP contribution in [0, 0.1) is 6.92 Å². The standard InChI is InChI=1S/C14H16N2O3S2/c1-10-14(20-9-15-10)8-16(3)21(18,19)13-6-4-5-12(7-13)11(2)17/h4-7,9H,8H2,1-3H3. The Kier molecular flexibility index (Phi) is 4.55. The lowest BCUT2D eigenvalue weighted by Gasteiger charge is -2.17. The van der Waals surface area contributed by atoms with Crippen LogP contribution >= 0.6 is 11.3 Å². The predicted octanol–water partition coefficient (Wildman–Crippen LogP) is 2.47. The topological polar surface area (TPSA) is 67.3 Å². The van der Waals surface area contributed by atoms with Crippen LogP contribution in [-0.2, 0) is 16.6 Å². The minimum atomic E-state index is -3.63. The summed E-state index contributed by atoms with van der Waals surface area (Å²) in [6.07, 6.45) is 0. The maximum absolute atomic E-state index is 12.5. The predicted molar refractivity (Wildman–Crippen MR) is 82.0 cm³/mol. The van der Waals surface area contributed by atoms with Crippen LogP contribution in [0.15, 0.2) is 34.7 Å². The van der Waals surface area contributed by atoms with E-state index < -0.39 is 10.0 Å². The Bertz CT molecular complexity index is 766. The van der Waals surface area contributed by atoms with Crippen molar-refractivity contribution in [3.05, 3.63) is 45.9 Å². The number of Topliss-reactive ketones (excluding diaryl/α,β-unsaturated/α-hetero) is 1. The molecule has 0 aliphatic heterocycles. The second-order valence-electron chi connectivity index (χ2n) is 4.71. The Balaban J connectivity index is 2.31. The van der Waals surface area contributed by atoms with Crippen LogP contribution in [0.1, 0.15) is 27.9 Å². The van der Waals surface area contributed by atoms with Crippen molar-refractivity contribution in [3.63, 3.8) is 0 Å². The van der Waals surface area contributed by atoms with Crippen molar-refractivity contribution in [3.8, 4) is 0 Å². The summed E-state index contributed by atoms with van der Waals surface area (Å²) in [5.41, 5.74) is 2.92. The highest BCUT2D eigenvalue weighted by Crippen LogP contribution is 2.21. The molecule has 0 saturated carbocycles. The van der Waals surface area contributed by atoms with Crippen molar-refractivity contribution in [2.24, 2.45) is 0 Å². The third kappa shape index (κ3) is 3.37. The monoisotopic (exact) mass is 324 g/mol. The van der Waals surface area contributed by atoms with Gasteiger partial charge in [0.1, 0.15) is 0 Å². The van der Waals surface area contributed by atoms with E-state index in [2.05, 4.69) is 4.98 Å². The van der Waals surface area contributed by atoms with Crippen LogP contribution in [0.4, 0.5) is 0 Å². The minimum Gasteiger partial charge on any atom is -0.295 e. The van der Waals surface area contributed by atoms with Gasteiger partial charge < -0.3 is 0 Å². The number of rotatable bonds is 5. The maximum atomic E-state index is 12.5. The largest absolute Gasteiger partial charge is 0.295 e.